The van der Waals surface area contributed by atoms with E-state index in [4.69, 9.17) is 0 Å². The van der Waals surface area contributed by atoms with Gasteiger partial charge in [0.1, 0.15) is 0 Å². The van der Waals surface area contributed by atoms with E-state index in [0.717, 1.165) is 44.1 Å². The number of guanidine groups is 1. The molecule has 0 aromatic heterocycles. The average Bonchev–Trinajstić information content (AvgIpc) is 3.03. The average molecular weight is 569 g/mol. The number of likely N-dealkylation sites (N-methyl/N-ethyl adjacent to an activating group) is 1. The summed E-state index contributed by atoms with van der Waals surface area (Å²) in [7, 11) is 4.19. The molecule has 3 aliphatic heterocycles. The fourth-order valence-electron chi connectivity index (χ4n) is 5.87. The Balaban J connectivity index is 0.00000306. The third-order valence-electron chi connectivity index (χ3n) is 7.67. The third kappa shape index (κ3) is 7.80. The first kappa shape index (κ1) is 26.7. The molecule has 0 spiro atoms. The molecule has 2 atom stereocenters. The second-order valence-electron chi connectivity index (χ2n) is 9.99. The Morgan fingerprint density at radius 3 is 2.67 bits per heavy atom. The predicted octanol–water partition coefficient (Wildman–Crippen LogP) is 3.19. The van der Waals surface area contributed by atoms with Gasteiger partial charge in [-0.25, -0.2) is 0 Å². The maximum absolute atomic E-state index is 4.64. The Bertz CT molecular complexity index is 714. The van der Waals surface area contributed by atoms with Crippen LogP contribution in [0.2, 0.25) is 0 Å². The van der Waals surface area contributed by atoms with Crippen LogP contribution in [0.1, 0.15) is 37.7 Å². The molecule has 0 bridgehead atoms. The van der Waals surface area contributed by atoms with Crippen molar-refractivity contribution < 1.29 is 0 Å². The number of hydrogen-bond acceptors (Lipinski definition) is 4. The second-order valence-corrected chi connectivity index (χ2v) is 9.99. The number of nitrogens with one attached hydrogen (secondary N) is 1. The van der Waals surface area contributed by atoms with Gasteiger partial charge in [0.15, 0.2) is 5.96 Å². The number of likely N-dealkylation sites (tertiary alicyclic amines) is 2. The molecule has 186 valence electrons. The highest BCUT2D eigenvalue weighted by Gasteiger charge is 2.36. The molecule has 6 nitrogen and oxygen atoms in total. The fraction of sp³-hybridized carbons (Fsp3) is 0.731. The molecule has 2 unspecified atom stereocenters. The Morgan fingerprint density at radius 2 is 1.85 bits per heavy atom. The van der Waals surface area contributed by atoms with Crippen molar-refractivity contribution in [1.29, 1.82) is 0 Å². The number of rotatable bonds is 6. The zero-order chi connectivity index (χ0) is 22.2. The monoisotopic (exact) mass is 568 g/mol. The van der Waals surface area contributed by atoms with Crippen molar-refractivity contribution in [3.63, 3.8) is 0 Å². The van der Waals surface area contributed by atoms with Gasteiger partial charge in [-0.3, -0.25) is 9.89 Å². The lowest BCUT2D eigenvalue weighted by atomic mass is 9.83. The van der Waals surface area contributed by atoms with Crippen molar-refractivity contribution in [3.05, 3.63) is 35.9 Å². The van der Waals surface area contributed by atoms with E-state index >= 15 is 0 Å². The number of piperidine rings is 2. The van der Waals surface area contributed by atoms with E-state index in [1.54, 1.807) is 0 Å². The molecule has 3 fully saturated rings. The van der Waals surface area contributed by atoms with Crippen LogP contribution in [-0.4, -0.2) is 105 Å². The van der Waals surface area contributed by atoms with Gasteiger partial charge in [-0.15, -0.1) is 24.0 Å². The van der Waals surface area contributed by atoms with E-state index in [2.05, 4.69) is 67.3 Å². The molecular formula is C26H45IN6. The van der Waals surface area contributed by atoms with Crippen molar-refractivity contribution in [3.8, 4) is 0 Å². The van der Waals surface area contributed by atoms with Crippen molar-refractivity contribution in [2.24, 2.45) is 10.9 Å². The normalized spacial score (nSPS) is 25.8. The molecule has 3 aliphatic rings. The summed E-state index contributed by atoms with van der Waals surface area (Å²) in [5.74, 6) is 1.87. The van der Waals surface area contributed by atoms with Gasteiger partial charge in [0.05, 0.1) is 0 Å². The zero-order valence-electron chi connectivity index (χ0n) is 20.8. The summed E-state index contributed by atoms with van der Waals surface area (Å²) in [6, 6.07) is 11.7. The van der Waals surface area contributed by atoms with Gasteiger partial charge in [-0.1, -0.05) is 30.3 Å². The molecule has 7 heteroatoms. The molecule has 33 heavy (non-hydrogen) atoms. The molecule has 3 heterocycles. The molecule has 1 aromatic carbocycles. The zero-order valence-corrected chi connectivity index (χ0v) is 23.1. The van der Waals surface area contributed by atoms with E-state index in [1.807, 2.05) is 7.05 Å². The summed E-state index contributed by atoms with van der Waals surface area (Å²) >= 11 is 0. The lowest BCUT2D eigenvalue weighted by Crippen LogP contribution is -2.56. The van der Waals surface area contributed by atoms with Gasteiger partial charge in [0.25, 0.3) is 0 Å². The Kier molecular flexibility index (Phi) is 11.2. The molecule has 1 aromatic rings. The molecular weight excluding hydrogens is 523 g/mol. The van der Waals surface area contributed by atoms with Crippen molar-refractivity contribution in [2.45, 2.75) is 44.7 Å². The van der Waals surface area contributed by atoms with Gasteiger partial charge < -0.3 is 20.0 Å². The molecule has 0 saturated carbocycles. The number of halogens is 1. The van der Waals surface area contributed by atoms with Crippen LogP contribution >= 0.6 is 24.0 Å². The van der Waals surface area contributed by atoms with Crippen LogP contribution in [0.25, 0.3) is 0 Å². The van der Waals surface area contributed by atoms with Gasteiger partial charge in [0, 0.05) is 52.4 Å². The maximum atomic E-state index is 4.64. The molecule has 3 saturated heterocycles. The molecule has 0 radical (unpaired) electrons. The highest BCUT2D eigenvalue weighted by Crippen LogP contribution is 2.31. The first-order valence-corrected chi connectivity index (χ1v) is 12.9. The fourth-order valence-corrected chi connectivity index (χ4v) is 5.87. The van der Waals surface area contributed by atoms with E-state index in [1.165, 1.54) is 76.9 Å². The van der Waals surface area contributed by atoms with Gasteiger partial charge in [-0.05, 0) is 76.8 Å². The highest BCUT2D eigenvalue weighted by atomic mass is 127. The minimum atomic E-state index is 0. The SMILES string of the molecule is CN=C(NCCCN1CCCN(C)CC1)N1CCC2C(CCCN2Cc2ccccc2)C1.I. The quantitative estimate of drug-likeness (QED) is 0.247. The van der Waals surface area contributed by atoms with Crippen LogP contribution in [0.5, 0.6) is 0 Å². The lowest BCUT2D eigenvalue weighted by molar-refractivity contribution is 0.0372. The van der Waals surface area contributed by atoms with Crippen LogP contribution in [-0.2, 0) is 6.54 Å². The summed E-state index contributed by atoms with van der Waals surface area (Å²) in [6.45, 7) is 11.7. The van der Waals surface area contributed by atoms with E-state index in [-0.39, 0.29) is 24.0 Å². The van der Waals surface area contributed by atoms with Crippen LogP contribution < -0.4 is 5.32 Å². The van der Waals surface area contributed by atoms with E-state index < -0.39 is 0 Å². The first-order valence-electron chi connectivity index (χ1n) is 12.9. The van der Waals surface area contributed by atoms with Crippen LogP contribution in [0.15, 0.2) is 35.3 Å². The summed E-state index contributed by atoms with van der Waals surface area (Å²) in [5.41, 5.74) is 1.45. The number of aliphatic imine (C=N–C) groups is 1. The maximum Gasteiger partial charge on any atom is 0.193 e. The molecule has 0 aliphatic carbocycles. The third-order valence-corrected chi connectivity index (χ3v) is 7.67. The van der Waals surface area contributed by atoms with Crippen LogP contribution in [0.3, 0.4) is 0 Å². The first-order chi connectivity index (χ1) is 15.7. The molecule has 1 N–H and O–H groups in total. The summed E-state index contributed by atoms with van der Waals surface area (Å²) in [6.07, 6.45) is 6.40. The minimum absolute atomic E-state index is 0. The van der Waals surface area contributed by atoms with Crippen LogP contribution in [0.4, 0.5) is 0 Å². The minimum Gasteiger partial charge on any atom is -0.356 e. The Hall–Kier alpha value is -0.900. The van der Waals surface area contributed by atoms with Gasteiger partial charge in [-0.2, -0.15) is 0 Å². The number of nitrogens with zero attached hydrogens (tertiary/aromatic N) is 5. The highest BCUT2D eigenvalue weighted by molar-refractivity contribution is 14.0. The van der Waals surface area contributed by atoms with Gasteiger partial charge >= 0.3 is 0 Å². The van der Waals surface area contributed by atoms with Crippen molar-refractivity contribution in [2.75, 3.05) is 73.0 Å². The number of benzene rings is 1. The number of hydrogen-bond donors (Lipinski definition) is 1. The van der Waals surface area contributed by atoms with Crippen molar-refractivity contribution >= 4 is 29.9 Å². The summed E-state index contributed by atoms with van der Waals surface area (Å²) in [5, 5.41) is 3.67. The Morgan fingerprint density at radius 1 is 1.00 bits per heavy atom. The summed E-state index contributed by atoms with van der Waals surface area (Å²) in [4.78, 5) is 15.0. The van der Waals surface area contributed by atoms with Crippen LogP contribution in [0, 0.1) is 5.92 Å². The largest absolute Gasteiger partial charge is 0.356 e. The van der Waals surface area contributed by atoms with E-state index in [9.17, 15) is 0 Å². The number of fused-ring (bicyclic) bond motifs is 1. The second kappa shape index (κ2) is 13.9. The van der Waals surface area contributed by atoms with Crippen molar-refractivity contribution in [1.82, 2.24) is 24.9 Å². The standard InChI is InChI=1S/C26H44N6.HI/c1-27-26(28-13-7-15-30-16-8-14-29(2)19-20-30)32-18-12-25-24(22-32)11-6-17-31(25)21-23-9-4-3-5-10-23;/h3-5,9-10,24-25H,6-8,11-22H2,1-2H3,(H,27,28);1H. The van der Waals surface area contributed by atoms with Gasteiger partial charge in [0.2, 0.25) is 0 Å². The lowest BCUT2D eigenvalue weighted by Gasteiger charge is -2.48. The molecule has 0 amide bonds. The summed E-state index contributed by atoms with van der Waals surface area (Å²) < 4.78 is 0. The van der Waals surface area contributed by atoms with E-state index in [0.29, 0.717) is 0 Å². The molecule has 4 rings (SSSR count). The smallest absolute Gasteiger partial charge is 0.193 e. The topological polar surface area (TPSA) is 37.4 Å². The Labute approximate surface area is 218 Å². The predicted molar refractivity (Wildman–Crippen MR) is 150 cm³/mol.